The molecule has 3 nitrogen and oxygen atoms in total. The molecule has 2 aromatic rings. The fraction of sp³-hybridized carbons (Fsp3) is 0.167. The lowest BCUT2D eigenvalue weighted by molar-refractivity contribution is 0.112. The van der Waals surface area contributed by atoms with Crippen molar-refractivity contribution in [1.29, 1.82) is 0 Å². The van der Waals surface area contributed by atoms with Crippen molar-refractivity contribution in [1.82, 2.24) is 9.55 Å². The molecule has 1 aromatic carbocycles. The minimum atomic E-state index is 0.559. The minimum absolute atomic E-state index is 0.559. The molecule has 0 spiro atoms. The van der Waals surface area contributed by atoms with Gasteiger partial charge in [-0.3, -0.25) is 4.79 Å². The number of hydrogen-bond donors (Lipinski definition) is 0. The van der Waals surface area contributed by atoms with Crippen molar-refractivity contribution in [3.05, 3.63) is 47.0 Å². The van der Waals surface area contributed by atoms with Gasteiger partial charge in [-0.1, -0.05) is 18.5 Å². The van der Waals surface area contributed by atoms with E-state index in [1.165, 1.54) is 0 Å². The first-order chi connectivity index (χ1) is 7.76. The van der Waals surface area contributed by atoms with Gasteiger partial charge in [0.25, 0.3) is 0 Å². The Labute approximate surface area is 98.7 Å². The Hall–Kier alpha value is -1.61. The van der Waals surface area contributed by atoms with Crippen LogP contribution in [-0.4, -0.2) is 15.8 Å². The van der Waals surface area contributed by atoms with Crippen LogP contribution in [-0.2, 0) is 6.42 Å². The molecule has 0 bridgehead atoms. The van der Waals surface area contributed by atoms with E-state index in [0.717, 1.165) is 24.2 Å². The molecular formula is C12H11ClN2O. The van der Waals surface area contributed by atoms with E-state index in [0.29, 0.717) is 10.6 Å². The number of carbonyl (C=O) groups excluding carboxylic acids is 1. The first-order valence-corrected chi connectivity index (χ1v) is 5.41. The quantitative estimate of drug-likeness (QED) is 0.766. The zero-order valence-corrected chi connectivity index (χ0v) is 9.61. The number of rotatable bonds is 3. The molecule has 0 unspecified atom stereocenters. The zero-order valence-electron chi connectivity index (χ0n) is 8.85. The molecule has 82 valence electrons. The normalized spacial score (nSPS) is 10.4. The largest absolute Gasteiger partial charge is 0.303 e. The highest BCUT2D eigenvalue weighted by Crippen LogP contribution is 2.19. The van der Waals surface area contributed by atoms with Crippen molar-refractivity contribution in [2.24, 2.45) is 0 Å². The summed E-state index contributed by atoms with van der Waals surface area (Å²) in [6.45, 7) is 2.02. The molecule has 0 aliphatic rings. The number of imidazole rings is 1. The fourth-order valence-corrected chi connectivity index (χ4v) is 1.83. The Morgan fingerprint density at radius 1 is 1.50 bits per heavy atom. The highest BCUT2D eigenvalue weighted by Gasteiger charge is 2.08. The SMILES string of the molecule is CCc1nccn1-c1ccc(Cl)cc1C=O. The van der Waals surface area contributed by atoms with Gasteiger partial charge in [-0.05, 0) is 18.2 Å². The summed E-state index contributed by atoms with van der Waals surface area (Å²) >= 11 is 5.85. The van der Waals surface area contributed by atoms with Crippen LogP contribution in [0.25, 0.3) is 5.69 Å². The Morgan fingerprint density at radius 2 is 2.31 bits per heavy atom. The molecule has 0 atom stereocenters. The van der Waals surface area contributed by atoms with Gasteiger partial charge in [0.1, 0.15) is 5.82 Å². The Balaban J connectivity index is 2.59. The second-order valence-corrected chi connectivity index (χ2v) is 3.82. The predicted octanol–water partition coefficient (Wildman–Crippen LogP) is 2.90. The maximum Gasteiger partial charge on any atom is 0.152 e. The number of hydrogen-bond acceptors (Lipinski definition) is 2. The zero-order chi connectivity index (χ0) is 11.5. The van der Waals surface area contributed by atoms with Gasteiger partial charge in [0.15, 0.2) is 6.29 Å². The summed E-state index contributed by atoms with van der Waals surface area (Å²) in [6.07, 6.45) is 5.19. The van der Waals surface area contributed by atoms with Gasteiger partial charge in [0.05, 0.1) is 5.69 Å². The third-order valence-corrected chi connectivity index (χ3v) is 2.64. The van der Waals surface area contributed by atoms with Gasteiger partial charge in [-0.15, -0.1) is 0 Å². The van der Waals surface area contributed by atoms with Crippen molar-refractivity contribution < 1.29 is 4.79 Å². The summed E-state index contributed by atoms with van der Waals surface area (Å²) in [4.78, 5) is 15.2. The van der Waals surface area contributed by atoms with Gasteiger partial charge in [0.2, 0.25) is 0 Å². The van der Waals surface area contributed by atoms with Crippen LogP contribution in [0.15, 0.2) is 30.6 Å². The summed E-state index contributed by atoms with van der Waals surface area (Å²) in [6, 6.07) is 5.25. The van der Waals surface area contributed by atoms with Crippen LogP contribution in [0.2, 0.25) is 5.02 Å². The third-order valence-electron chi connectivity index (χ3n) is 2.41. The van der Waals surface area contributed by atoms with Crippen molar-refractivity contribution in [2.75, 3.05) is 0 Å². The minimum Gasteiger partial charge on any atom is -0.303 e. The van der Waals surface area contributed by atoms with E-state index in [1.54, 1.807) is 18.3 Å². The van der Waals surface area contributed by atoms with Crippen LogP contribution < -0.4 is 0 Å². The average molecular weight is 235 g/mol. The average Bonchev–Trinajstić information content (AvgIpc) is 2.76. The number of halogens is 1. The van der Waals surface area contributed by atoms with Crippen molar-refractivity contribution >= 4 is 17.9 Å². The number of aryl methyl sites for hydroxylation is 1. The number of nitrogens with zero attached hydrogens (tertiary/aromatic N) is 2. The van der Waals surface area contributed by atoms with Gasteiger partial charge < -0.3 is 4.57 Å². The first-order valence-electron chi connectivity index (χ1n) is 5.03. The van der Waals surface area contributed by atoms with Crippen LogP contribution >= 0.6 is 11.6 Å². The number of aromatic nitrogens is 2. The summed E-state index contributed by atoms with van der Waals surface area (Å²) in [7, 11) is 0. The molecule has 0 saturated carbocycles. The Kier molecular flexibility index (Phi) is 3.06. The standard InChI is InChI=1S/C12H11ClN2O/c1-2-12-14-5-6-15(12)11-4-3-10(13)7-9(11)8-16/h3-8H,2H2,1H3. The highest BCUT2D eigenvalue weighted by atomic mass is 35.5. The maximum atomic E-state index is 11.0. The summed E-state index contributed by atoms with van der Waals surface area (Å²) in [5.41, 5.74) is 1.38. The van der Waals surface area contributed by atoms with Crippen molar-refractivity contribution in [3.63, 3.8) is 0 Å². The van der Waals surface area contributed by atoms with Crippen LogP contribution in [0.1, 0.15) is 23.1 Å². The van der Waals surface area contributed by atoms with Crippen LogP contribution in [0.4, 0.5) is 0 Å². The fourth-order valence-electron chi connectivity index (χ4n) is 1.65. The molecule has 16 heavy (non-hydrogen) atoms. The lowest BCUT2D eigenvalue weighted by Gasteiger charge is -2.09. The molecule has 0 aliphatic carbocycles. The van der Waals surface area contributed by atoms with Crippen LogP contribution in [0, 0.1) is 0 Å². The van der Waals surface area contributed by atoms with Gasteiger partial charge in [-0.2, -0.15) is 0 Å². The number of aldehydes is 1. The van der Waals surface area contributed by atoms with E-state index in [9.17, 15) is 4.79 Å². The molecular weight excluding hydrogens is 224 g/mol. The summed E-state index contributed by atoms with van der Waals surface area (Å²) < 4.78 is 1.90. The van der Waals surface area contributed by atoms with E-state index in [4.69, 9.17) is 11.6 Å². The van der Waals surface area contributed by atoms with Gasteiger partial charge in [-0.25, -0.2) is 4.98 Å². The molecule has 0 aliphatic heterocycles. The monoisotopic (exact) mass is 234 g/mol. The Bertz CT molecular complexity index is 519. The topological polar surface area (TPSA) is 34.9 Å². The maximum absolute atomic E-state index is 11.0. The molecule has 0 radical (unpaired) electrons. The van der Waals surface area contributed by atoms with Crippen molar-refractivity contribution in [2.45, 2.75) is 13.3 Å². The van der Waals surface area contributed by atoms with Crippen LogP contribution in [0.3, 0.4) is 0 Å². The van der Waals surface area contributed by atoms with Gasteiger partial charge in [0, 0.05) is 29.4 Å². The number of benzene rings is 1. The lowest BCUT2D eigenvalue weighted by atomic mass is 10.2. The molecule has 4 heteroatoms. The second kappa shape index (κ2) is 4.49. The summed E-state index contributed by atoms with van der Waals surface area (Å²) in [5, 5.41) is 0.559. The molecule has 2 rings (SSSR count). The lowest BCUT2D eigenvalue weighted by Crippen LogP contribution is -2.02. The number of carbonyl (C=O) groups is 1. The van der Waals surface area contributed by atoms with E-state index < -0.39 is 0 Å². The molecule has 0 saturated heterocycles. The van der Waals surface area contributed by atoms with E-state index >= 15 is 0 Å². The van der Waals surface area contributed by atoms with Crippen molar-refractivity contribution in [3.8, 4) is 5.69 Å². The van der Waals surface area contributed by atoms with E-state index in [-0.39, 0.29) is 0 Å². The smallest absolute Gasteiger partial charge is 0.152 e. The van der Waals surface area contributed by atoms with E-state index in [2.05, 4.69) is 4.98 Å². The molecule has 0 amide bonds. The molecule has 0 N–H and O–H groups in total. The van der Waals surface area contributed by atoms with Gasteiger partial charge >= 0.3 is 0 Å². The first kappa shape index (κ1) is 10.9. The highest BCUT2D eigenvalue weighted by molar-refractivity contribution is 6.30. The second-order valence-electron chi connectivity index (χ2n) is 3.39. The predicted molar refractivity (Wildman–Crippen MR) is 63.3 cm³/mol. The van der Waals surface area contributed by atoms with Crippen LogP contribution in [0.5, 0.6) is 0 Å². The molecule has 0 fully saturated rings. The Morgan fingerprint density at radius 3 is 3.00 bits per heavy atom. The molecule has 1 aromatic heterocycles. The van der Waals surface area contributed by atoms with E-state index in [1.807, 2.05) is 23.8 Å². The summed E-state index contributed by atoms with van der Waals surface area (Å²) in [5.74, 6) is 0.922. The third kappa shape index (κ3) is 1.86. The molecule has 1 heterocycles.